The van der Waals surface area contributed by atoms with Gasteiger partial charge in [-0.2, -0.15) is 0 Å². The molecule has 1 amide bonds. The first kappa shape index (κ1) is 19.9. The van der Waals surface area contributed by atoms with Gasteiger partial charge in [-0.05, 0) is 18.6 Å². The maximum Gasteiger partial charge on any atom is 0.332 e. The third-order valence-corrected chi connectivity index (χ3v) is 5.98. The van der Waals surface area contributed by atoms with E-state index < -0.39 is 11.2 Å². The molecule has 156 valence electrons. The topological polar surface area (TPSA) is 101 Å². The summed E-state index contributed by atoms with van der Waals surface area (Å²) in [7, 11) is 3.01. The number of hydrogen-bond acceptors (Lipinski definition) is 7. The van der Waals surface area contributed by atoms with Gasteiger partial charge in [0.25, 0.3) is 5.56 Å². The average Bonchev–Trinajstić information content (AvgIpc) is 3.38. The zero-order chi connectivity index (χ0) is 21.4. The van der Waals surface area contributed by atoms with E-state index in [9.17, 15) is 14.4 Å². The largest absolute Gasteiger partial charge is 0.352 e. The van der Waals surface area contributed by atoms with Gasteiger partial charge in [0, 0.05) is 30.7 Å². The van der Waals surface area contributed by atoms with Crippen molar-refractivity contribution in [3.05, 3.63) is 56.2 Å². The number of amides is 1. The van der Waals surface area contributed by atoms with E-state index in [2.05, 4.69) is 22.5 Å². The molecule has 0 saturated heterocycles. The number of benzene rings is 1. The summed E-state index contributed by atoms with van der Waals surface area (Å²) in [6, 6.07) is 7.53. The lowest BCUT2D eigenvalue weighted by molar-refractivity contribution is -0.114. The molecule has 9 nitrogen and oxygen atoms in total. The molecule has 0 saturated carbocycles. The minimum absolute atomic E-state index is 0.0189. The molecule has 2 aromatic heterocycles. The zero-order valence-electron chi connectivity index (χ0n) is 16.9. The summed E-state index contributed by atoms with van der Waals surface area (Å²) < 4.78 is 2.41. The van der Waals surface area contributed by atoms with Crippen LogP contribution < -0.4 is 26.8 Å². The molecule has 0 spiro atoms. The van der Waals surface area contributed by atoms with Crippen LogP contribution >= 0.6 is 11.3 Å². The molecule has 4 rings (SSSR count). The number of rotatable bonds is 5. The van der Waals surface area contributed by atoms with Crippen LogP contribution in [0.15, 0.2) is 39.2 Å². The monoisotopic (exact) mass is 426 g/mol. The van der Waals surface area contributed by atoms with E-state index in [4.69, 9.17) is 0 Å². The lowest BCUT2D eigenvalue weighted by Crippen LogP contribution is -2.40. The molecule has 0 unspecified atom stereocenters. The molecule has 0 radical (unpaired) electrons. The Morgan fingerprint density at radius 2 is 2.07 bits per heavy atom. The molecule has 10 heteroatoms. The average molecular weight is 427 g/mol. The standard InChI is InChI=1S/C20H22N6O3S/c1-4-13-10-30-18(23-13)12-6-5-7-14(8-12)22-15(27)9-26-11-21-17-16(26)19(28)25(3)20(29)24(17)2/h5-8,10,21H,4,9,11H2,1-3H3,(H,22,27). The quantitative estimate of drug-likeness (QED) is 0.643. The Morgan fingerprint density at radius 1 is 1.27 bits per heavy atom. The predicted octanol–water partition coefficient (Wildman–Crippen LogP) is 1.60. The van der Waals surface area contributed by atoms with Gasteiger partial charge < -0.3 is 15.5 Å². The summed E-state index contributed by atoms with van der Waals surface area (Å²) >= 11 is 1.57. The summed E-state index contributed by atoms with van der Waals surface area (Å²) in [4.78, 5) is 43.5. The van der Waals surface area contributed by atoms with Gasteiger partial charge in [-0.3, -0.25) is 18.7 Å². The van der Waals surface area contributed by atoms with Crippen LogP contribution in [0.4, 0.5) is 17.2 Å². The maximum absolute atomic E-state index is 12.7. The SMILES string of the molecule is CCc1csc(-c2cccc(NC(=O)CN3CNc4c3c(=O)n(C)c(=O)n4C)c2)n1. The van der Waals surface area contributed by atoms with Crippen LogP contribution in [0.3, 0.4) is 0 Å². The number of carbonyl (C=O) groups is 1. The molecule has 3 aromatic rings. The van der Waals surface area contributed by atoms with E-state index >= 15 is 0 Å². The van der Waals surface area contributed by atoms with E-state index in [0.29, 0.717) is 17.2 Å². The lowest BCUT2D eigenvalue weighted by atomic mass is 10.2. The third kappa shape index (κ3) is 3.50. The van der Waals surface area contributed by atoms with E-state index in [0.717, 1.165) is 27.3 Å². The zero-order valence-corrected chi connectivity index (χ0v) is 17.7. The Kier molecular flexibility index (Phi) is 5.17. The summed E-state index contributed by atoms with van der Waals surface area (Å²) in [5, 5.41) is 8.85. The first-order valence-electron chi connectivity index (χ1n) is 9.52. The van der Waals surface area contributed by atoms with Crippen molar-refractivity contribution >= 4 is 34.4 Å². The molecular formula is C20H22N6O3S. The minimum atomic E-state index is -0.427. The normalized spacial score (nSPS) is 12.6. The van der Waals surface area contributed by atoms with Gasteiger partial charge in [-0.1, -0.05) is 19.1 Å². The minimum Gasteiger partial charge on any atom is -0.352 e. The molecule has 1 aliphatic rings. The van der Waals surface area contributed by atoms with Gasteiger partial charge in [-0.15, -0.1) is 11.3 Å². The van der Waals surface area contributed by atoms with Crippen molar-refractivity contribution in [3.8, 4) is 10.6 Å². The highest BCUT2D eigenvalue weighted by molar-refractivity contribution is 7.13. The molecular weight excluding hydrogens is 404 g/mol. The van der Waals surface area contributed by atoms with Crippen molar-refractivity contribution in [1.82, 2.24) is 14.1 Å². The molecule has 0 aliphatic carbocycles. The van der Waals surface area contributed by atoms with Crippen molar-refractivity contribution in [2.24, 2.45) is 14.1 Å². The van der Waals surface area contributed by atoms with Crippen LogP contribution in [0.5, 0.6) is 0 Å². The number of thiazole rings is 1. The fourth-order valence-corrected chi connectivity index (χ4v) is 4.30. The smallest absolute Gasteiger partial charge is 0.332 e. The molecule has 1 aromatic carbocycles. The van der Waals surface area contributed by atoms with Crippen LogP contribution in [-0.2, 0) is 25.3 Å². The molecule has 30 heavy (non-hydrogen) atoms. The van der Waals surface area contributed by atoms with Crippen LogP contribution in [0.2, 0.25) is 0 Å². The van der Waals surface area contributed by atoms with E-state index in [1.165, 1.54) is 11.6 Å². The Balaban J connectivity index is 1.52. The second kappa shape index (κ2) is 7.79. The van der Waals surface area contributed by atoms with Gasteiger partial charge in [0.2, 0.25) is 5.91 Å². The highest BCUT2D eigenvalue weighted by Crippen LogP contribution is 2.27. The van der Waals surface area contributed by atoms with Gasteiger partial charge in [0.1, 0.15) is 16.5 Å². The molecule has 0 bridgehead atoms. The number of carbonyl (C=O) groups excluding carboxylic acids is 1. The molecule has 0 atom stereocenters. The summed E-state index contributed by atoms with van der Waals surface area (Å²) in [5.74, 6) is 0.166. The van der Waals surface area contributed by atoms with Gasteiger partial charge in [0.15, 0.2) is 0 Å². The Labute approximate surface area is 176 Å². The number of fused-ring (bicyclic) bond motifs is 1. The van der Waals surface area contributed by atoms with Gasteiger partial charge in [0.05, 0.1) is 18.9 Å². The highest BCUT2D eigenvalue weighted by Gasteiger charge is 2.28. The second-order valence-electron chi connectivity index (χ2n) is 7.06. The number of aryl methyl sites for hydroxylation is 1. The fourth-order valence-electron chi connectivity index (χ4n) is 3.40. The molecule has 3 heterocycles. The predicted molar refractivity (Wildman–Crippen MR) is 118 cm³/mol. The summed E-state index contributed by atoms with van der Waals surface area (Å²) in [5.41, 5.74) is 2.12. The number of aromatic nitrogens is 3. The van der Waals surface area contributed by atoms with Crippen LogP contribution in [0.25, 0.3) is 10.6 Å². The van der Waals surface area contributed by atoms with Crippen molar-refractivity contribution in [2.75, 3.05) is 28.7 Å². The summed E-state index contributed by atoms with van der Waals surface area (Å²) in [6.07, 6.45) is 0.878. The molecule has 2 N–H and O–H groups in total. The van der Waals surface area contributed by atoms with Crippen LogP contribution in [0, 0.1) is 0 Å². The number of nitrogens with one attached hydrogen (secondary N) is 2. The molecule has 1 aliphatic heterocycles. The number of hydrogen-bond donors (Lipinski definition) is 2. The lowest BCUT2D eigenvalue weighted by Gasteiger charge is -2.17. The third-order valence-electron chi connectivity index (χ3n) is 5.04. The van der Waals surface area contributed by atoms with Crippen LogP contribution in [0.1, 0.15) is 12.6 Å². The van der Waals surface area contributed by atoms with E-state index in [1.54, 1.807) is 23.3 Å². The van der Waals surface area contributed by atoms with Gasteiger partial charge >= 0.3 is 5.69 Å². The fraction of sp³-hybridized carbons (Fsp3) is 0.300. The Hall–Kier alpha value is -3.40. The van der Waals surface area contributed by atoms with Gasteiger partial charge in [-0.25, -0.2) is 9.78 Å². The van der Waals surface area contributed by atoms with Crippen molar-refractivity contribution in [2.45, 2.75) is 13.3 Å². The first-order valence-corrected chi connectivity index (χ1v) is 10.4. The van der Waals surface area contributed by atoms with Crippen molar-refractivity contribution in [3.63, 3.8) is 0 Å². The highest BCUT2D eigenvalue weighted by atomic mass is 32.1. The number of nitrogens with zero attached hydrogens (tertiary/aromatic N) is 4. The van der Waals surface area contributed by atoms with Crippen molar-refractivity contribution in [1.29, 1.82) is 0 Å². The van der Waals surface area contributed by atoms with Crippen LogP contribution in [-0.4, -0.2) is 33.2 Å². The van der Waals surface area contributed by atoms with E-state index in [-0.39, 0.29) is 19.1 Å². The summed E-state index contributed by atoms with van der Waals surface area (Å²) in [6.45, 7) is 2.31. The van der Waals surface area contributed by atoms with E-state index in [1.807, 2.05) is 29.6 Å². The Bertz CT molecular complexity index is 1240. The molecule has 0 fully saturated rings. The number of anilines is 3. The van der Waals surface area contributed by atoms with Crippen molar-refractivity contribution < 1.29 is 4.79 Å². The maximum atomic E-state index is 12.7. The second-order valence-corrected chi connectivity index (χ2v) is 7.92. The first-order chi connectivity index (χ1) is 14.4. The Morgan fingerprint density at radius 3 is 2.80 bits per heavy atom.